The Hall–Kier alpha value is -1.76. The second kappa shape index (κ2) is 5.96. The van der Waals surface area contributed by atoms with Crippen LogP contribution in [0, 0.1) is 17.2 Å². The lowest BCUT2D eigenvalue weighted by Gasteiger charge is -2.17. The third kappa shape index (κ3) is 3.77. The number of hydrogen-bond acceptors (Lipinski definition) is 3. The van der Waals surface area contributed by atoms with Crippen molar-refractivity contribution in [1.29, 1.82) is 5.26 Å². The second-order valence-corrected chi connectivity index (χ2v) is 3.88. The van der Waals surface area contributed by atoms with Crippen molar-refractivity contribution in [3.8, 4) is 6.07 Å². The molecule has 16 heavy (non-hydrogen) atoms. The van der Waals surface area contributed by atoms with Gasteiger partial charge >= 0.3 is 0 Å². The molecule has 1 aromatic rings. The molecule has 0 spiro atoms. The minimum absolute atomic E-state index is 0.0403. The number of furan rings is 1. The normalized spacial score (nSPS) is 11.8. The van der Waals surface area contributed by atoms with Crippen LogP contribution < -0.4 is 0 Å². The van der Waals surface area contributed by atoms with Crippen LogP contribution in [0.2, 0.25) is 0 Å². The summed E-state index contributed by atoms with van der Waals surface area (Å²) in [4.78, 5) is 13.3. The molecule has 0 N–H and O–H groups in total. The van der Waals surface area contributed by atoms with Crippen molar-refractivity contribution >= 4 is 5.91 Å². The average Bonchev–Trinajstić information content (AvgIpc) is 2.78. The van der Waals surface area contributed by atoms with E-state index in [4.69, 9.17) is 9.68 Å². The molecule has 0 aliphatic rings. The molecular weight excluding hydrogens is 204 g/mol. The highest BCUT2D eigenvalue weighted by molar-refractivity contribution is 5.76. The Morgan fingerprint density at radius 2 is 2.44 bits per heavy atom. The first-order valence-electron chi connectivity index (χ1n) is 5.29. The second-order valence-electron chi connectivity index (χ2n) is 3.88. The van der Waals surface area contributed by atoms with Gasteiger partial charge in [-0.2, -0.15) is 5.26 Å². The molecule has 0 saturated heterocycles. The Balaban J connectivity index is 2.32. The van der Waals surface area contributed by atoms with Crippen LogP contribution in [0.1, 0.15) is 19.1 Å². The molecule has 0 aliphatic heterocycles. The zero-order chi connectivity index (χ0) is 12.0. The van der Waals surface area contributed by atoms with E-state index in [9.17, 15) is 4.79 Å². The zero-order valence-electron chi connectivity index (χ0n) is 9.64. The monoisotopic (exact) mass is 220 g/mol. The number of nitriles is 1. The van der Waals surface area contributed by atoms with E-state index in [1.807, 2.05) is 6.07 Å². The lowest BCUT2D eigenvalue weighted by atomic mass is 10.2. The van der Waals surface area contributed by atoms with Gasteiger partial charge in [-0.1, -0.05) is 0 Å². The van der Waals surface area contributed by atoms with Gasteiger partial charge in [0.25, 0.3) is 0 Å². The molecule has 1 aromatic heterocycles. The lowest BCUT2D eigenvalue weighted by Crippen LogP contribution is -2.30. The first kappa shape index (κ1) is 12.3. The summed E-state index contributed by atoms with van der Waals surface area (Å²) in [5.41, 5.74) is 0. The molecule has 1 amide bonds. The largest absolute Gasteiger partial charge is 0.469 e. The van der Waals surface area contributed by atoms with Crippen molar-refractivity contribution in [1.82, 2.24) is 4.90 Å². The number of rotatable bonds is 5. The summed E-state index contributed by atoms with van der Waals surface area (Å²) in [6.07, 6.45) is 2.63. The van der Waals surface area contributed by atoms with E-state index in [1.165, 1.54) is 0 Å². The summed E-state index contributed by atoms with van der Waals surface area (Å²) in [6, 6.07) is 5.77. The fourth-order valence-corrected chi connectivity index (χ4v) is 1.43. The topological polar surface area (TPSA) is 57.2 Å². The molecule has 4 heteroatoms. The molecule has 0 bridgehead atoms. The summed E-state index contributed by atoms with van der Waals surface area (Å²) in [6.45, 7) is 2.28. The first-order chi connectivity index (χ1) is 7.63. The quantitative estimate of drug-likeness (QED) is 0.760. The predicted octanol–water partition coefficient (Wildman–Crippen LogP) is 1.83. The van der Waals surface area contributed by atoms with Gasteiger partial charge in [0.2, 0.25) is 5.91 Å². The summed E-state index contributed by atoms with van der Waals surface area (Å²) < 4.78 is 5.14. The average molecular weight is 220 g/mol. The Kier molecular flexibility index (Phi) is 4.59. The fourth-order valence-electron chi connectivity index (χ4n) is 1.43. The minimum atomic E-state index is -0.127. The van der Waals surface area contributed by atoms with Gasteiger partial charge in [0.15, 0.2) is 0 Å². The smallest absolute Gasteiger partial charge is 0.222 e. The van der Waals surface area contributed by atoms with Crippen LogP contribution in [-0.4, -0.2) is 24.4 Å². The van der Waals surface area contributed by atoms with Crippen LogP contribution in [0.3, 0.4) is 0 Å². The summed E-state index contributed by atoms with van der Waals surface area (Å²) in [5.74, 6) is 0.728. The van der Waals surface area contributed by atoms with Crippen LogP contribution in [0.25, 0.3) is 0 Å². The molecule has 4 nitrogen and oxygen atoms in total. The standard InChI is InChI=1S/C12H16N2O2/c1-10(8-13)9-14(2)12(15)6-5-11-4-3-7-16-11/h3-4,7,10H,5-6,9H2,1-2H3. The van der Waals surface area contributed by atoms with Crippen molar-refractivity contribution in [3.63, 3.8) is 0 Å². The maximum absolute atomic E-state index is 11.7. The van der Waals surface area contributed by atoms with Gasteiger partial charge in [-0.25, -0.2) is 0 Å². The zero-order valence-corrected chi connectivity index (χ0v) is 9.64. The van der Waals surface area contributed by atoms with E-state index in [-0.39, 0.29) is 11.8 Å². The van der Waals surface area contributed by atoms with E-state index in [1.54, 1.807) is 31.2 Å². The minimum Gasteiger partial charge on any atom is -0.469 e. The van der Waals surface area contributed by atoms with Gasteiger partial charge in [0.1, 0.15) is 5.76 Å². The fraction of sp³-hybridized carbons (Fsp3) is 0.500. The molecule has 0 aromatic carbocycles. The number of amides is 1. The van der Waals surface area contributed by atoms with Crippen LogP contribution in [0.15, 0.2) is 22.8 Å². The van der Waals surface area contributed by atoms with Crippen LogP contribution in [0.4, 0.5) is 0 Å². The first-order valence-corrected chi connectivity index (χ1v) is 5.29. The summed E-state index contributed by atoms with van der Waals surface area (Å²) in [7, 11) is 1.72. The Morgan fingerprint density at radius 1 is 1.69 bits per heavy atom. The number of nitrogens with zero attached hydrogens (tertiary/aromatic N) is 2. The molecular formula is C12H16N2O2. The maximum atomic E-state index is 11.7. The van der Waals surface area contributed by atoms with Gasteiger partial charge < -0.3 is 9.32 Å². The molecule has 0 saturated carbocycles. The Labute approximate surface area is 95.5 Å². The van der Waals surface area contributed by atoms with E-state index >= 15 is 0 Å². The number of hydrogen-bond donors (Lipinski definition) is 0. The molecule has 1 atom stereocenters. The lowest BCUT2D eigenvalue weighted by molar-refractivity contribution is -0.130. The molecule has 1 rings (SSSR count). The van der Waals surface area contributed by atoms with Crippen LogP contribution in [0.5, 0.6) is 0 Å². The predicted molar refractivity (Wildman–Crippen MR) is 59.4 cm³/mol. The number of carbonyl (C=O) groups is 1. The van der Waals surface area contributed by atoms with Crippen LogP contribution in [-0.2, 0) is 11.2 Å². The molecule has 0 radical (unpaired) electrons. The number of aryl methyl sites for hydroxylation is 1. The van der Waals surface area contributed by atoms with Gasteiger partial charge in [-0.3, -0.25) is 4.79 Å². The SMILES string of the molecule is CC(C#N)CN(C)C(=O)CCc1ccco1. The van der Waals surface area contributed by atoms with Crippen LogP contribution >= 0.6 is 0 Å². The molecule has 0 fully saturated rings. The van der Waals surface area contributed by atoms with Crippen molar-refractivity contribution in [2.75, 3.05) is 13.6 Å². The molecule has 0 aliphatic carbocycles. The third-order valence-electron chi connectivity index (χ3n) is 2.36. The van der Waals surface area contributed by atoms with Crippen molar-refractivity contribution in [3.05, 3.63) is 24.2 Å². The van der Waals surface area contributed by atoms with Crippen molar-refractivity contribution < 1.29 is 9.21 Å². The van der Waals surface area contributed by atoms with Gasteiger partial charge in [-0.15, -0.1) is 0 Å². The molecule has 1 unspecified atom stereocenters. The number of carbonyl (C=O) groups excluding carboxylic acids is 1. The van der Waals surface area contributed by atoms with Gasteiger partial charge in [0.05, 0.1) is 18.3 Å². The summed E-state index contributed by atoms with van der Waals surface area (Å²) >= 11 is 0. The van der Waals surface area contributed by atoms with Crippen molar-refractivity contribution in [2.45, 2.75) is 19.8 Å². The Bertz CT molecular complexity index is 365. The molecule has 1 heterocycles. The van der Waals surface area contributed by atoms with E-state index < -0.39 is 0 Å². The maximum Gasteiger partial charge on any atom is 0.222 e. The van der Waals surface area contributed by atoms with Gasteiger partial charge in [-0.05, 0) is 19.1 Å². The Morgan fingerprint density at radius 3 is 3.00 bits per heavy atom. The summed E-state index contributed by atoms with van der Waals surface area (Å²) in [5, 5.41) is 8.64. The highest BCUT2D eigenvalue weighted by Gasteiger charge is 2.12. The van der Waals surface area contributed by atoms with Gasteiger partial charge in [0, 0.05) is 26.4 Å². The highest BCUT2D eigenvalue weighted by atomic mass is 16.3. The van der Waals surface area contributed by atoms with E-state index in [0.717, 1.165) is 5.76 Å². The highest BCUT2D eigenvalue weighted by Crippen LogP contribution is 2.06. The third-order valence-corrected chi connectivity index (χ3v) is 2.36. The van der Waals surface area contributed by atoms with Crippen molar-refractivity contribution in [2.24, 2.45) is 5.92 Å². The van der Waals surface area contributed by atoms with E-state index in [2.05, 4.69) is 6.07 Å². The molecule has 86 valence electrons. The van der Waals surface area contributed by atoms with E-state index in [0.29, 0.717) is 19.4 Å².